The number of pyridine rings is 1. The molecule has 0 radical (unpaired) electrons. The molecule has 0 spiro atoms. The van der Waals surface area contributed by atoms with Gasteiger partial charge in [-0.05, 0) is 44.9 Å². The van der Waals surface area contributed by atoms with Crippen LogP contribution in [0.25, 0.3) is 0 Å². The quantitative estimate of drug-likeness (QED) is 0.880. The Balaban J connectivity index is 2.72. The van der Waals surface area contributed by atoms with Crippen LogP contribution in [0, 0.1) is 6.92 Å². The largest absolute Gasteiger partial charge is 0.480 e. The van der Waals surface area contributed by atoms with Crippen LogP contribution in [0.4, 0.5) is 4.79 Å². The molecule has 2 N–H and O–H groups in total. The second-order valence-corrected chi connectivity index (χ2v) is 5.61. The number of hydrogen-bond acceptors (Lipinski definition) is 3. The highest BCUT2D eigenvalue weighted by atomic mass is 16.4. The number of aromatic nitrogens is 1. The van der Waals surface area contributed by atoms with Crippen LogP contribution in [-0.2, 0) is 11.3 Å². The van der Waals surface area contributed by atoms with Crippen LogP contribution in [0.15, 0.2) is 18.5 Å². The second kappa shape index (κ2) is 6.36. The Labute approximate surface area is 118 Å². The summed E-state index contributed by atoms with van der Waals surface area (Å²) in [6, 6.07) is 1.44. The van der Waals surface area contributed by atoms with Crippen molar-refractivity contribution in [1.82, 2.24) is 15.2 Å². The fourth-order valence-electron chi connectivity index (χ4n) is 1.72. The van der Waals surface area contributed by atoms with E-state index < -0.39 is 17.5 Å². The van der Waals surface area contributed by atoms with Gasteiger partial charge in [0.15, 0.2) is 0 Å². The van der Waals surface area contributed by atoms with E-state index in [-0.39, 0.29) is 6.54 Å². The van der Waals surface area contributed by atoms with Gasteiger partial charge in [-0.3, -0.25) is 9.78 Å². The number of carboxylic acid groups (broad SMARTS) is 1. The molecule has 0 atom stereocenters. The highest BCUT2D eigenvalue weighted by Gasteiger charge is 2.28. The van der Waals surface area contributed by atoms with Crippen molar-refractivity contribution in [2.75, 3.05) is 6.54 Å². The van der Waals surface area contributed by atoms with Gasteiger partial charge in [0.05, 0.1) is 0 Å². The summed E-state index contributed by atoms with van der Waals surface area (Å²) in [5, 5.41) is 11.6. The minimum atomic E-state index is -1.03. The van der Waals surface area contributed by atoms with Gasteiger partial charge in [-0.15, -0.1) is 0 Å². The molecule has 6 heteroatoms. The third-order valence-corrected chi connectivity index (χ3v) is 2.91. The van der Waals surface area contributed by atoms with Gasteiger partial charge in [0.1, 0.15) is 6.54 Å². The van der Waals surface area contributed by atoms with E-state index in [2.05, 4.69) is 10.3 Å². The van der Waals surface area contributed by atoms with Crippen LogP contribution >= 0.6 is 0 Å². The zero-order chi connectivity index (χ0) is 15.3. The number of rotatable bonds is 4. The van der Waals surface area contributed by atoms with Crippen LogP contribution in [0.5, 0.6) is 0 Å². The first kappa shape index (κ1) is 15.9. The van der Waals surface area contributed by atoms with Crippen LogP contribution < -0.4 is 5.32 Å². The molecule has 1 aromatic heterocycles. The zero-order valence-corrected chi connectivity index (χ0v) is 12.3. The van der Waals surface area contributed by atoms with Gasteiger partial charge in [-0.1, -0.05) is 0 Å². The zero-order valence-electron chi connectivity index (χ0n) is 12.3. The van der Waals surface area contributed by atoms with Crippen molar-refractivity contribution >= 4 is 12.0 Å². The third-order valence-electron chi connectivity index (χ3n) is 2.91. The number of amides is 2. The summed E-state index contributed by atoms with van der Waals surface area (Å²) in [5.41, 5.74) is 1.38. The molecule has 0 bridgehead atoms. The number of hydrogen-bond donors (Lipinski definition) is 2. The predicted molar refractivity (Wildman–Crippen MR) is 75.3 cm³/mol. The number of nitrogens with one attached hydrogen (secondary N) is 1. The lowest BCUT2D eigenvalue weighted by Gasteiger charge is -2.34. The number of urea groups is 1. The second-order valence-electron chi connectivity index (χ2n) is 5.61. The number of aryl methyl sites for hydroxylation is 1. The summed E-state index contributed by atoms with van der Waals surface area (Å²) >= 11 is 0. The average molecular weight is 279 g/mol. The van der Waals surface area contributed by atoms with Crippen LogP contribution in [0.2, 0.25) is 0 Å². The van der Waals surface area contributed by atoms with Crippen molar-refractivity contribution in [3.63, 3.8) is 0 Å². The summed E-state index contributed by atoms with van der Waals surface area (Å²) in [6.45, 7) is 7.32. The SMILES string of the molecule is Cc1cnccc1CNC(=O)N(CC(=O)O)C(C)(C)C. The monoisotopic (exact) mass is 279 g/mol. The fraction of sp³-hybridized carbons (Fsp3) is 0.500. The van der Waals surface area contributed by atoms with E-state index in [1.54, 1.807) is 33.2 Å². The Bertz CT molecular complexity index is 495. The summed E-state index contributed by atoms with van der Waals surface area (Å²) in [5.74, 6) is -1.03. The predicted octanol–water partition coefficient (Wildman–Crippen LogP) is 1.78. The van der Waals surface area contributed by atoms with Gasteiger partial charge < -0.3 is 15.3 Å². The van der Waals surface area contributed by atoms with Gasteiger partial charge in [-0.25, -0.2) is 4.79 Å². The van der Waals surface area contributed by atoms with Gasteiger partial charge in [0, 0.05) is 24.5 Å². The minimum Gasteiger partial charge on any atom is -0.480 e. The number of carboxylic acids is 1. The van der Waals surface area contributed by atoms with Gasteiger partial charge in [0.25, 0.3) is 0 Å². The summed E-state index contributed by atoms with van der Waals surface area (Å²) in [7, 11) is 0. The summed E-state index contributed by atoms with van der Waals surface area (Å²) in [4.78, 5) is 28.3. The maximum atomic E-state index is 12.1. The molecular formula is C14H21N3O3. The maximum Gasteiger partial charge on any atom is 0.323 e. The van der Waals surface area contributed by atoms with Crippen LogP contribution in [0.3, 0.4) is 0 Å². The Morgan fingerprint density at radius 2 is 2.05 bits per heavy atom. The first-order valence-corrected chi connectivity index (χ1v) is 6.38. The number of carbonyl (C=O) groups is 2. The van der Waals surface area contributed by atoms with E-state index in [9.17, 15) is 9.59 Å². The molecule has 0 saturated heterocycles. The third kappa shape index (κ3) is 4.53. The molecule has 0 aliphatic rings. The molecule has 6 nitrogen and oxygen atoms in total. The molecule has 0 unspecified atom stereocenters. The van der Waals surface area contributed by atoms with Crippen molar-refractivity contribution in [3.8, 4) is 0 Å². The van der Waals surface area contributed by atoms with Crippen molar-refractivity contribution < 1.29 is 14.7 Å². The van der Waals surface area contributed by atoms with Gasteiger partial charge >= 0.3 is 12.0 Å². The molecule has 0 aliphatic carbocycles. The minimum absolute atomic E-state index is 0.329. The number of nitrogens with zero attached hydrogens (tertiary/aromatic N) is 2. The molecular weight excluding hydrogens is 258 g/mol. The molecule has 2 amide bonds. The normalized spacial score (nSPS) is 11.0. The van der Waals surface area contributed by atoms with E-state index in [4.69, 9.17) is 5.11 Å². The first-order chi connectivity index (χ1) is 9.21. The molecule has 0 fully saturated rings. The van der Waals surface area contributed by atoms with E-state index >= 15 is 0 Å². The summed E-state index contributed by atoms with van der Waals surface area (Å²) in [6.07, 6.45) is 3.38. The number of carbonyl (C=O) groups excluding carboxylic acids is 1. The molecule has 20 heavy (non-hydrogen) atoms. The van der Waals surface area contributed by atoms with Crippen molar-refractivity contribution in [1.29, 1.82) is 0 Å². The van der Waals surface area contributed by atoms with Gasteiger partial charge in [-0.2, -0.15) is 0 Å². The summed E-state index contributed by atoms with van der Waals surface area (Å²) < 4.78 is 0. The lowest BCUT2D eigenvalue weighted by Crippen LogP contribution is -2.52. The smallest absolute Gasteiger partial charge is 0.323 e. The average Bonchev–Trinajstić information content (AvgIpc) is 2.33. The maximum absolute atomic E-state index is 12.1. The van der Waals surface area contributed by atoms with E-state index in [1.165, 1.54) is 4.90 Å². The molecule has 0 saturated carbocycles. The first-order valence-electron chi connectivity index (χ1n) is 6.38. The Morgan fingerprint density at radius 3 is 2.55 bits per heavy atom. The molecule has 1 heterocycles. The molecule has 110 valence electrons. The lowest BCUT2D eigenvalue weighted by molar-refractivity contribution is -0.138. The molecule has 0 aromatic carbocycles. The molecule has 0 aliphatic heterocycles. The lowest BCUT2D eigenvalue weighted by atomic mass is 10.1. The fourth-order valence-corrected chi connectivity index (χ4v) is 1.72. The Hall–Kier alpha value is -2.11. The van der Waals surface area contributed by atoms with E-state index in [1.807, 2.05) is 13.0 Å². The standard InChI is InChI=1S/C14H21N3O3/c1-10-7-15-6-5-11(10)8-16-13(20)17(9-12(18)19)14(2,3)4/h5-7H,8-9H2,1-4H3,(H,16,20)(H,18,19). The molecule has 1 aromatic rings. The van der Waals surface area contributed by atoms with Crippen molar-refractivity contribution in [2.24, 2.45) is 0 Å². The van der Waals surface area contributed by atoms with E-state index in [0.29, 0.717) is 6.54 Å². The van der Waals surface area contributed by atoms with Crippen LogP contribution in [-0.4, -0.2) is 39.1 Å². The topological polar surface area (TPSA) is 82.5 Å². The van der Waals surface area contributed by atoms with Crippen molar-refractivity contribution in [3.05, 3.63) is 29.6 Å². The Kier molecular flexibility index (Phi) is 5.07. The van der Waals surface area contributed by atoms with E-state index in [0.717, 1.165) is 11.1 Å². The number of aliphatic carboxylic acids is 1. The van der Waals surface area contributed by atoms with Gasteiger partial charge in [0.2, 0.25) is 0 Å². The highest BCUT2D eigenvalue weighted by Crippen LogP contribution is 2.13. The van der Waals surface area contributed by atoms with Crippen LogP contribution in [0.1, 0.15) is 31.9 Å². The highest BCUT2D eigenvalue weighted by molar-refractivity contribution is 5.80. The van der Waals surface area contributed by atoms with Crippen molar-refractivity contribution in [2.45, 2.75) is 39.8 Å². The Morgan fingerprint density at radius 1 is 1.40 bits per heavy atom. The molecule has 1 rings (SSSR count).